The van der Waals surface area contributed by atoms with Crippen molar-refractivity contribution in [3.05, 3.63) is 28.3 Å². The lowest BCUT2D eigenvalue weighted by Crippen LogP contribution is -2.35. The molecule has 2 atom stereocenters. The van der Waals surface area contributed by atoms with Crippen LogP contribution < -0.4 is 16.0 Å². The van der Waals surface area contributed by atoms with Gasteiger partial charge < -0.3 is 14.9 Å². The largest absolute Gasteiger partial charge is 0.483 e. The van der Waals surface area contributed by atoms with Gasteiger partial charge in [0.25, 0.3) is 0 Å². The highest BCUT2D eigenvalue weighted by Gasteiger charge is 2.29. The first kappa shape index (κ1) is 14.5. The van der Waals surface area contributed by atoms with Gasteiger partial charge >= 0.3 is 5.69 Å². The van der Waals surface area contributed by atoms with Crippen LogP contribution >= 0.6 is 0 Å². The van der Waals surface area contributed by atoms with Gasteiger partial charge in [0, 0.05) is 12.8 Å². The van der Waals surface area contributed by atoms with Crippen molar-refractivity contribution in [1.82, 2.24) is 0 Å². The predicted octanol–water partition coefficient (Wildman–Crippen LogP) is 2.22. The summed E-state index contributed by atoms with van der Waals surface area (Å²) in [6.45, 7) is 3.94. The standard InChI is InChI=1S/C13H19N3O4/c1-8-6-10(7-9(2)19-8)20-12-5-3-4-11(15-14)13(12)16(17)18/h3-5,8-10,15H,6-7,14H2,1-2H3. The van der Waals surface area contributed by atoms with Gasteiger partial charge in [0.15, 0.2) is 5.75 Å². The molecular formula is C13H19N3O4. The van der Waals surface area contributed by atoms with Crippen molar-refractivity contribution >= 4 is 11.4 Å². The van der Waals surface area contributed by atoms with E-state index >= 15 is 0 Å². The van der Waals surface area contributed by atoms with E-state index in [0.717, 1.165) is 0 Å². The van der Waals surface area contributed by atoms with Crippen molar-refractivity contribution in [3.63, 3.8) is 0 Å². The summed E-state index contributed by atoms with van der Waals surface area (Å²) in [6, 6.07) is 4.80. The first-order chi connectivity index (χ1) is 9.51. The summed E-state index contributed by atoms with van der Waals surface area (Å²) in [4.78, 5) is 10.7. The lowest BCUT2D eigenvalue weighted by molar-refractivity contribution is -0.385. The molecule has 1 heterocycles. The molecule has 2 unspecified atom stereocenters. The quantitative estimate of drug-likeness (QED) is 0.498. The molecular weight excluding hydrogens is 262 g/mol. The number of nitro benzene ring substituents is 1. The maximum absolute atomic E-state index is 11.2. The van der Waals surface area contributed by atoms with E-state index in [1.165, 1.54) is 0 Å². The number of nitrogen functional groups attached to an aromatic ring is 1. The highest BCUT2D eigenvalue weighted by atomic mass is 16.6. The zero-order chi connectivity index (χ0) is 14.7. The first-order valence-corrected chi connectivity index (χ1v) is 6.57. The van der Waals surface area contributed by atoms with Crippen LogP contribution in [0.1, 0.15) is 26.7 Å². The Labute approximate surface area is 117 Å². The summed E-state index contributed by atoms with van der Waals surface area (Å²) in [5.74, 6) is 5.54. The number of nitrogens with two attached hydrogens (primary N) is 1. The Morgan fingerprint density at radius 3 is 2.60 bits per heavy atom. The minimum Gasteiger partial charge on any atom is -0.483 e. The Hall–Kier alpha value is -1.86. The van der Waals surface area contributed by atoms with E-state index in [1.54, 1.807) is 18.2 Å². The van der Waals surface area contributed by atoms with Crippen LogP contribution in [-0.2, 0) is 4.74 Å². The Bertz CT molecular complexity index is 485. The maximum atomic E-state index is 11.2. The zero-order valence-electron chi connectivity index (χ0n) is 11.5. The Morgan fingerprint density at radius 1 is 1.40 bits per heavy atom. The second-order valence-electron chi connectivity index (χ2n) is 5.02. The molecule has 1 aliphatic heterocycles. The van der Waals surface area contributed by atoms with E-state index in [9.17, 15) is 10.1 Å². The molecule has 1 aromatic rings. The minimum absolute atomic E-state index is 0.0821. The number of hydrogen-bond donors (Lipinski definition) is 2. The van der Waals surface area contributed by atoms with Crippen molar-refractivity contribution in [2.75, 3.05) is 5.43 Å². The van der Waals surface area contributed by atoms with Gasteiger partial charge in [0.2, 0.25) is 0 Å². The first-order valence-electron chi connectivity index (χ1n) is 6.57. The molecule has 1 fully saturated rings. The SMILES string of the molecule is CC1CC(Oc2cccc(NN)c2[N+](=O)[O-])CC(C)O1. The van der Waals surface area contributed by atoms with Crippen molar-refractivity contribution in [1.29, 1.82) is 0 Å². The number of hydrogen-bond acceptors (Lipinski definition) is 6. The number of ether oxygens (including phenoxy) is 2. The second-order valence-corrected chi connectivity index (χ2v) is 5.02. The van der Waals surface area contributed by atoms with Crippen LogP contribution in [0.2, 0.25) is 0 Å². The lowest BCUT2D eigenvalue weighted by atomic mass is 10.0. The van der Waals surface area contributed by atoms with E-state index in [0.29, 0.717) is 12.8 Å². The topological polar surface area (TPSA) is 99.7 Å². The van der Waals surface area contributed by atoms with Gasteiger partial charge in [-0.15, -0.1) is 0 Å². The second kappa shape index (κ2) is 6.06. The molecule has 20 heavy (non-hydrogen) atoms. The monoisotopic (exact) mass is 281 g/mol. The van der Waals surface area contributed by atoms with E-state index in [1.807, 2.05) is 13.8 Å². The molecule has 2 rings (SSSR count). The summed E-state index contributed by atoms with van der Waals surface area (Å²) in [7, 11) is 0. The third-order valence-electron chi connectivity index (χ3n) is 3.28. The number of rotatable bonds is 4. The van der Waals surface area contributed by atoms with Crippen molar-refractivity contribution in [2.24, 2.45) is 5.84 Å². The van der Waals surface area contributed by atoms with Gasteiger partial charge in [-0.2, -0.15) is 0 Å². The molecule has 1 saturated heterocycles. The number of nitro groups is 1. The molecule has 1 aromatic carbocycles. The number of para-hydroxylation sites is 1. The van der Waals surface area contributed by atoms with Gasteiger partial charge in [-0.1, -0.05) is 6.07 Å². The van der Waals surface area contributed by atoms with Crippen LogP contribution in [0.25, 0.3) is 0 Å². The maximum Gasteiger partial charge on any atom is 0.335 e. The molecule has 3 N–H and O–H groups in total. The predicted molar refractivity (Wildman–Crippen MR) is 74.6 cm³/mol. The third kappa shape index (κ3) is 3.17. The van der Waals surface area contributed by atoms with Gasteiger partial charge in [-0.25, -0.2) is 0 Å². The van der Waals surface area contributed by atoms with Crippen LogP contribution in [0.15, 0.2) is 18.2 Å². The zero-order valence-corrected chi connectivity index (χ0v) is 11.5. The average molecular weight is 281 g/mol. The van der Waals surface area contributed by atoms with Crippen LogP contribution in [0.3, 0.4) is 0 Å². The fraction of sp³-hybridized carbons (Fsp3) is 0.538. The van der Waals surface area contributed by atoms with E-state index in [4.69, 9.17) is 15.3 Å². The van der Waals surface area contributed by atoms with Gasteiger partial charge in [-0.05, 0) is 26.0 Å². The van der Waals surface area contributed by atoms with E-state index in [-0.39, 0.29) is 35.4 Å². The molecule has 0 amide bonds. The molecule has 0 radical (unpaired) electrons. The smallest absolute Gasteiger partial charge is 0.335 e. The fourth-order valence-electron chi connectivity index (χ4n) is 2.54. The summed E-state index contributed by atoms with van der Waals surface area (Å²) < 4.78 is 11.4. The Morgan fingerprint density at radius 2 is 2.05 bits per heavy atom. The van der Waals surface area contributed by atoms with Crippen molar-refractivity contribution in [2.45, 2.75) is 45.0 Å². The number of nitrogens with zero attached hydrogens (tertiary/aromatic N) is 1. The highest BCUT2D eigenvalue weighted by molar-refractivity contribution is 5.67. The number of hydrazine groups is 1. The third-order valence-corrected chi connectivity index (χ3v) is 3.28. The summed E-state index contributed by atoms with van der Waals surface area (Å²) in [6.07, 6.45) is 1.49. The molecule has 7 heteroatoms. The molecule has 0 aliphatic carbocycles. The van der Waals surface area contributed by atoms with Crippen LogP contribution in [0, 0.1) is 10.1 Å². The molecule has 0 bridgehead atoms. The van der Waals surface area contributed by atoms with E-state index < -0.39 is 4.92 Å². The molecule has 7 nitrogen and oxygen atoms in total. The Balaban J connectivity index is 2.22. The van der Waals surface area contributed by atoms with Crippen molar-refractivity contribution < 1.29 is 14.4 Å². The van der Waals surface area contributed by atoms with Gasteiger partial charge in [0.05, 0.1) is 17.1 Å². The van der Waals surface area contributed by atoms with E-state index in [2.05, 4.69) is 5.43 Å². The number of benzene rings is 1. The van der Waals surface area contributed by atoms with Crippen LogP contribution in [-0.4, -0.2) is 23.2 Å². The minimum atomic E-state index is -0.489. The summed E-state index contributed by atoms with van der Waals surface area (Å²) in [5, 5.41) is 11.2. The molecule has 0 saturated carbocycles. The Kier molecular flexibility index (Phi) is 4.41. The van der Waals surface area contributed by atoms with Crippen LogP contribution in [0.4, 0.5) is 11.4 Å². The molecule has 1 aliphatic rings. The molecule has 110 valence electrons. The summed E-state index contributed by atoms with van der Waals surface area (Å²) in [5.41, 5.74) is 2.43. The van der Waals surface area contributed by atoms with Gasteiger partial charge in [-0.3, -0.25) is 16.0 Å². The number of anilines is 1. The summed E-state index contributed by atoms with van der Waals surface area (Å²) >= 11 is 0. The number of nitrogens with one attached hydrogen (secondary N) is 1. The van der Waals surface area contributed by atoms with Crippen molar-refractivity contribution in [3.8, 4) is 5.75 Å². The van der Waals surface area contributed by atoms with Crippen LogP contribution in [0.5, 0.6) is 5.75 Å². The van der Waals surface area contributed by atoms with Gasteiger partial charge in [0.1, 0.15) is 11.8 Å². The fourth-order valence-corrected chi connectivity index (χ4v) is 2.54. The average Bonchev–Trinajstić information content (AvgIpc) is 2.36. The lowest BCUT2D eigenvalue weighted by Gasteiger charge is -2.32. The normalized spacial score (nSPS) is 26.1. The molecule has 0 aromatic heterocycles. The molecule has 0 spiro atoms. The highest BCUT2D eigenvalue weighted by Crippen LogP contribution is 2.36.